The lowest BCUT2D eigenvalue weighted by molar-refractivity contribution is -0.137. The molecule has 0 aliphatic rings. The summed E-state index contributed by atoms with van der Waals surface area (Å²) in [5.41, 5.74) is -0.722. The van der Waals surface area contributed by atoms with Crippen LogP contribution in [0.25, 0.3) is 0 Å². The second kappa shape index (κ2) is 7.09. The summed E-state index contributed by atoms with van der Waals surface area (Å²) >= 11 is 0. The highest BCUT2D eigenvalue weighted by Crippen LogP contribution is 2.31. The second-order valence-electron chi connectivity index (χ2n) is 4.61. The molecule has 0 N–H and O–H groups in total. The number of carbonyl (C=O) groups is 1. The fourth-order valence-electron chi connectivity index (χ4n) is 1.92. The van der Waals surface area contributed by atoms with Gasteiger partial charge in [-0.15, -0.1) is 0 Å². The van der Waals surface area contributed by atoms with Crippen LogP contribution < -0.4 is 0 Å². The molecule has 108 valence electrons. The van der Waals surface area contributed by atoms with Crippen LogP contribution in [-0.2, 0) is 11.0 Å². The molecule has 0 aliphatic carbocycles. The molecule has 0 bridgehead atoms. The van der Waals surface area contributed by atoms with E-state index in [0.29, 0.717) is 6.42 Å². The zero-order valence-corrected chi connectivity index (χ0v) is 11.2. The molecule has 1 aromatic carbocycles. The second-order valence-corrected chi connectivity index (χ2v) is 4.61. The predicted octanol–water partition coefficient (Wildman–Crippen LogP) is 4.46. The summed E-state index contributed by atoms with van der Waals surface area (Å²) in [7, 11) is 0. The molecule has 0 radical (unpaired) electrons. The lowest BCUT2D eigenvalue weighted by Crippen LogP contribution is -2.12. The molecule has 0 spiro atoms. The number of hydrogen-bond donors (Lipinski definition) is 0. The van der Waals surface area contributed by atoms with Gasteiger partial charge < -0.3 is 0 Å². The molecule has 0 saturated heterocycles. The minimum atomic E-state index is -4.47. The first kappa shape index (κ1) is 16.2. The molecular formula is C15H16F3NO. The SMILES string of the molecule is CCCCCC(=O)C(C#N)c1cccc(C(F)(F)F)c1. The highest BCUT2D eigenvalue weighted by atomic mass is 19.4. The van der Waals surface area contributed by atoms with Crippen molar-refractivity contribution in [1.29, 1.82) is 5.26 Å². The topological polar surface area (TPSA) is 40.9 Å². The number of carbonyl (C=O) groups excluding carboxylic acids is 1. The van der Waals surface area contributed by atoms with Gasteiger partial charge in [0.1, 0.15) is 5.92 Å². The van der Waals surface area contributed by atoms with Gasteiger partial charge in [-0.2, -0.15) is 18.4 Å². The van der Waals surface area contributed by atoms with E-state index in [-0.39, 0.29) is 17.8 Å². The molecule has 5 heteroatoms. The average molecular weight is 283 g/mol. The summed E-state index contributed by atoms with van der Waals surface area (Å²) in [6.45, 7) is 1.99. The number of benzene rings is 1. The van der Waals surface area contributed by atoms with Gasteiger partial charge in [0.2, 0.25) is 0 Å². The van der Waals surface area contributed by atoms with E-state index in [1.165, 1.54) is 12.1 Å². The summed E-state index contributed by atoms with van der Waals surface area (Å²) in [6, 6.07) is 6.23. The summed E-state index contributed by atoms with van der Waals surface area (Å²) in [5, 5.41) is 9.05. The largest absolute Gasteiger partial charge is 0.416 e. The number of Topliss-reactive ketones (excluding diaryl/α,β-unsaturated/α-hetero) is 1. The number of halogens is 3. The Morgan fingerprint density at radius 1 is 1.35 bits per heavy atom. The van der Waals surface area contributed by atoms with E-state index in [1.807, 2.05) is 6.92 Å². The van der Waals surface area contributed by atoms with Crippen molar-refractivity contribution in [3.63, 3.8) is 0 Å². The molecule has 1 unspecified atom stereocenters. The van der Waals surface area contributed by atoms with Crippen LogP contribution in [0.2, 0.25) is 0 Å². The van der Waals surface area contributed by atoms with Crippen LogP contribution in [-0.4, -0.2) is 5.78 Å². The molecule has 0 fully saturated rings. The Hall–Kier alpha value is -1.83. The Bertz CT molecular complexity index is 503. The minimum absolute atomic E-state index is 0.115. The fraction of sp³-hybridized carbons (Fsp3) is 0.467. The summed E-state index contributed by atoms with van der Waals surface area (Å²) in [5.74, 6) is -1.44. The van der Waals surface area contributed by atoms with Crippen molar-refractivity contribution in [3.8, 4) is 6.07 Å². The molecule has 20 heavy (non-hydrogen) atoms. The number of nitriles is 1. The van der Waals surface area contributed by atoms with Gasteiger partial charge in [-0.25, -0.2) is 0 Å². The van der Waals surface area contributed by atoms with Gasteiger partial charge in [0, 0.05) is 6.42 Å². The van der Waals surface area contributed by atoms with Crippen LogP contribution >= 0.6 is 0 Å². The maximum Gasteiger partial charge on any atom is 0.416 e. The third kappa shape index (κ3) is 4.37. The first-order valence-corrected chi connectivity index (χ1v) is 6.49. The zero-order chi connectivity index (χ0) is 15.2. The third-order valence-electron chi connectivity index (χ3n) is 3.03. The van der Waals surface area contributed by atoms with Crippen molar-refractivity contribution in [2.24, 2.45) is 0 Å². The summed E-state index contributed by atoms with van der Waals surface area (Å²) in [4.78, 5) is 11.9. The lowest BCUT2D eigenvalue weighted by atomic mass is 9.92. The Balaban J connectivity index is 2.91. The molecule has 0 saturated carbocycles. The van der Waals surface area contributed by atoms with Crippen LogP contribution in [0.15, 0.2) is 24.3 Å². The Morgan fingerprint density at radius 2 is 2.05 bits per heavy atom. The van der Waals surface area contributed by atoms with Crippen LogP contribution in [0.4, 0.5) is 13.2 Å². The Morgan fingerprint density at radius 3 is 2.60 bits per heavy atom. The number of alkyl halides is 3. The van der Waals surface area contributed by atoms with Crippen molar-refractivity contribution in [2.75, 3.05) is 0 Å². The van der Waals surface area contributed by atoms with Gasteiger partial charge in [-0.3, -0.25) is 4.79 Å². The predicted molar refractivity (Wildman–Crippen MR) is 68.9 cm³/mol. The number of nitrogens with zero attached hydrogens (tertiary/aromatic N) is 1. The quantitative estimate of drug-likeness (QED) is 0.723. The number of ketones is 1. The maximum atomic E-state index is 12.6. The summed E-state index contributed by atoms with van der Waals surface area (Å²) < 4.78 is 37.9. The fourth-order valence-corrected chi connectivity index (χ4v) is 1.92. The molecule has 0 aromatic heterocycles. The lowest BCUT2D eigenvalue weighted by Gasteiger charge is -2.12. The molecular weight excluding hydrogens is 267 g/mol. The van der Waals surface area contributed by atoms with Crippen molar-refractivity contribution in [1.82, 2.24) is 0 Å². The van der Waals surface area contributed by atoms with E-state index < -0.39 is 17.7 Å². The van der Waals surface area contributed by atoms with E-state index in [9.17, 15) is 18.0 Å². The van der Waals surface area contributed by atoms with Crippen molar-refractivity contribution >= 4 is 5.78 Å². The molecule has 2 nitrogen and oxygen atoms in total. The van der Waals surface area contributed by atoms with E-state index in [2.05, 4.69) is 0 Å². The molecule has 1 rings (SSSR count). The number of unbranched alkanes of at least 4 members (excludes halogenated alkanes) is 2. The van der Waals surface area contributed by atoms with Gasteiger partial charge in [0.05, 0.1) is 11.6 Å². The normalized spacial score (nSPS) is 12.8. The van der Waals surface area contributed by atoms with Crippen LogP contribution in [0.5, 0.6) is 0 Å². The van der Waals surface area contributed by atoms with Crippen LogP contribution in [0.3, 0.4) is 0 Å². The van der Waals surface area contributed by atoms with Crippen molar-refractivity contribution < 1.29 is 18.0 Å². The standard InChI is InChI=1S/C15H16F3NO/c1-2-3-4-8-14(20)13(10-19)11-6-5-7-12(9-11)15(16,17)18/h5-7,9,13H,2-4,8H2,1H3. The smallest absolute Gasteiger partial charge is 0.298 e. The Labute approximate surface area is 116 Å². The maximum absolute atomic E-state index is 12.6. The summed E-state index contributed by atoms with van der Waals surface area (Å²) in [6.07, 6.45) is -1.78. The van der Waals surface area contributed by atoms with Crippen molar-refractivity contribution in [3.05, 3.63) is 35.4 Å². The van der Waals surface area contributed by atoms with E-state index in [1.54, 1.807) is 6.07 Å². The third-order valence-corrected chi connectivity index (χ3v) is 3.03. The Kier molecular flexibility index (Phi) is 5.75. The first-order valence-electron chi connectivity index (χ1n) is 6.49. The van der Waals surface area contributed by atoms with Crippen LogP contribution in [0.1, 0.15) is 49.7 Å². The van der Waals surface area contributed by atoms with Gasteiger partial charge in [-0.05, 0) is 18.1 Å². The molecule has 0 amide bonds. The van der Waals surface area contributed by atoms with Gasteiger partial charge in [0.15, 0.2) is 5.78 Å². The van der Waals surface area contributed by atoms with Gasteiger partial charge in [-0.1, -0.05) is 38.0 Å². The van der Waals surface area contributed by atoms with Crippen LogP contribution in [0, 0.1) is 11.3 Å². The highest BCUT2D eigenvalue weighted by Gasteiger charge is 2.31. The monoisotopic (exact) mass is 283 g/mol. The molecule has 1 aromatic rings. The molecule has 0 aliphatic heterocycles. The zero-order valence-electron chi connectivity index (χ0n) is 11.2. The highest BCUT2D eigenvalue weighted by molar-refractivity contribution is 5.88. The van der Waals surface area contributed by atoms with E-state index >= 15 is 0 Å². The minimum Gasteiger partial charge on any atom is -0.298 e. The van der Waals surface area contributed by atoms with E-state index in [0.717, 1.165) is 25.0 Å². The van der Waals surface area contributed by atoms with Crippen molar-refractivity contribution in [2.45, 2.75) is 44.7 Å². The van der Waals surface area contributed by atoms with Gasteiger partial charge >= 0.3 is 6.18 Å². The molecule has 0 heterocycles. The number of hydrogen-bond acceptors (Lipinski definition) is 2. The number of rotatable bonds is 6. The van der Waals surface area contributed by atoms with E-state index in [4.69, 9.17) is 5.26 Å². The average Bonchev–Trinajstić information content (AvgIpc) is 2.39. The first-order chi connectivity index (χ1) is 9.40. The molecule has 1 atom stereocenters. The van der Waals surface area contributed by atoms with Gasteiger partial charge in [0.25, 0.3) is 0 Å².